The molecule has 6 nitrogen and oxygen atoms in total. The van der Waals surface area contributed by atoms with Gasteiger partial charge in [-0.25, -0.2) is 4.79 Å². The van der Waals surface area contributed by atoms with Gasteiger partial charge in [-0.15, -0.1) is 6.42 Å². The van der Waals surface area contributed by atoms with E-state index in [-0.39, 0.29) is 19.4 Å². The summed E-state index contributed by atoms with van der Waals surface area (Å²) in [6.45, 7) is 2.31. The minimum atomic E-state index is -0.904. The van der Waals surface area contributed by atoms with Crippen molar-refractivity contribution < 1.29 is 19.5 Å². The normalized spacial score (nSPS) is 16.0. The van der Waals surface area contributed by atoms with Gasteiger partial charge >= 0.3 is 12.0 Å². The number of carboxylic acid groups (broad SMARTS) is 1. The maximum atomic E-state index is 12.0. The Balaban J connectivity index is 2.60. The van der Waals surface area contributed by atoms with Crippen molar-refractivity contribution in [1.29, 1.82) is 0 Å². The number of carbonyl (C=O) groups excluding carboxylic acids is 2. The third kappa shape index (κ3) is 5.10. The second-order valence-corrected chi connectivity index (χ2v) is 5.53. The highest BCUT2D eigenvalue weighted by atomic mass is 16.4. The molecule has 0 saturated heterocycles. The van der Waals surface area contributed by atoms with Crippen LogP contribution < -0.4 is 5.32 Å². The molecule has 0 radical (unpaired) electrons. The maximum absolute atomic E-state index is 12.0. The summed E-state index contributed by atoms with van der Waals surface area (Å²) in [5.41, 5.74) is -0.515. The molecule has 3 amide bonds. The van der Waals surface area contributed by atoms with Crippen LogP contribution in [-0.4, -0.2) is 41.0 Å². The molecule has 0 unspecified atom stereocenters. The Morgan fingerprint density at radius 1 is 1.29 bits per heavy atom. The minimum Gasteiger partial charge on any atom is -0.481 e. The number of urea groups is 1. The van der Waals surface area contributed by atoms with Crippen molar-refractivity contribution in [3.8, 4) is 12.3 Å². The molecule has 1 rings (SSSR count). The maximum Gasteiger partial charge on any atom is 0.324 e. The average Bonchev–Trinajstić information content (AvgIpc) is 2.82. The molecule has 1 aliphatic rings. The number of hydrogen-bond donors (Lipinski definition) is 2. The van der Waals surface area contributed by atoms with E-state index in [0.29, 0.717) is 19.4 Å². The van der Waals surface area contributed by atoms with Crippen LogP contribution in [-0.2, 0) is 9.59 Å². The van der Waals surface area contributed by atoms with Crippen molar-refractivity contribution in [3.63, 3.8) is 0 Å². The molecule has 0 heterocycles. The first-order valence-electron chi connectivity index (χ1n) is 7.16. The van der Waals surface area contributed by atoms with Crippen LogP contribution in [0.15, 0.2) is 0 Å². The number of carboxylic acids is 1. The average molecular weight is 294 g/mol. The largest absolute Gasteiger partial charge is 0.481 e. The summed E-state index contributed by atoms with van der Waals surface area (Å²) < 4.78 is 0. The second kappa shape index (κ2) is 7.67. The summed E-state index contributed by atoms with van der Waals surface area (Å²) >= 11 is 0. The van der Waals surface area contributed by atoms with E-state index in [4.69, 9.17) is 11.5 Å². The van der Waals surface area contributed by atoms with Crippen molar-refractivity contribution in [2.24, 2.45) is 5.41 Å². The Morgan fingerprint density at radius 3 is 2.38 bits per heavy atom. The van der Waals surface area contributed by atoms with E-state index in [9.17, 15) is 14.4 Å². The van der Waals surface area contributed by atoms with E-state index in [2.05, 4.69) is 11.2 Å². The Hall–Kier alpha value is -2.03. The van der Waals surface area contributed by atoms with Crippen molar-refractivity contribution in [1.82, 2.24) is 10.2 Å². The molecule has 116 valence electrons. The number of imide groups is 1. The smallest absolute Gasteiger partial charge is 0.324 e. The monoisotopic (exact) mass is 294 g/mol. The number of terminal acetylenes is 1. The van der Waals surface area contributed by atoms with Crippen molar-refractivity contribution >= 4 is 17.9 Å². The summed E-state index contributed by atoms with van der Waals surface area (Å²) in [7, 11) is 0. The Kier molecular flexibility index (Phi) is 6.22. The summed E-state index contributed by atoms with van der Waals surface area (Å²) in [5, 5.41) is 11.3. The molecule has 1 fully saturated rings. The lowest BCUT2D eigenvalue weighted by molar-refractivity contribution is -0.140. The zero-order chi connectivity index (χ0) is 15.9. The fraction of sp³-hybridized carbons (Fsp3) is 0.667. The topological polar surface area (TPSA) is 86.7 Å². The van der Waals surface area contributed by atoms with Crippen molar-refractivity contribution in [2.75, 3.05) is 13.1 Å². The first-order chi connectivity index (χ1) is 9.92. The van der Waals surface area contributed by atoms with Crippen LogP contribution in [0.5, 0.6) is 0 Å². The molecule has 0 aromatic heterocycles. The van der Waals surface area contributed by atoms with Crippen LogP contribution in [0.3, 0.4) is 0 Å². The standard InChI is InChI=1S/C15H22N2O4/c1-3-9-17(4-2)14(21)16-12(18)10-15(11-13(19)20)7-5-6-8-15/h1H,4-11H2,2H3,(H,19,20)(H,16,18,21). The Morgan fingerprint density at radius 2 is 1.90 bits per heavy atom. The predicted octanol–water partition coefficient (Wildman–Crippen LogP) is 1.60. The Labute approximate surface area is 124 Å². The third-order valence-corrected chi connectivity index (χ3v) is 3.92. The molecule has 0 aliphatic heterocycles. The van der Waals surface area contributed by atoms with Gasteiger partial charge in [0.2, 0.25) is 5.91 Å². The van der Waals surface area contributed by atoms with Gasteiger partial charge in [0.25, 0.3) is 0 Å². The molecule has 0 bridgehead atoms. The molecule has 2 N–H and O–H groups in total. The minimum absolute atomic E-state index is 0.0313. The van der Waals surface area contributed by atoms with E-state index in [0.717, 1.165) is 12.8 Å². The predicted molar refractivity (Wildman–Crippen MR) is 77.4 cm³/mol. The van der Waals surface area contributed by atoms with Crippen LogP contribution >= 0.6 is 0 Å². The van der Waals surface area contributed by atoms with Crippen LogP contribution in [0, 0.1) is 17.8 Å². The molecular weight excluding hydrogens is 272 g/mol. The first-order valence-corrected chi connectivity index (χ1v) is 7.16. The molecule has 0 spiro atoms. The molecule has 1 aliphatic carbocycles. The van der Waals surface area contributed by atoms with Gasteiger partial charge in [0, 0.05) is 13.0 Å². The van der Waals surface area contributed by atoms with Crippen LogP contribution in [0.25, 0.3) is 0 Å². The van der Waals surface area contributed by atoms with Crippen LogP contribution in [0.4, 0.5) is 4.79 Å². The summed E-state index contributed by atoms with van der Waals surface area (Å²) in [6.07, 6.45) is 8.47. The zero-order valence-corrected chi connectivity index (χ0v) is 12.4. The molecule has 1 saturated carbocycles. The second-order valence-electron chi connectivity index (χ2n) is 5.53. The van der Waals surface area contributed by atoms with Gasteiger partial charge in [0.1, 0.15) is 0 Å². The molecule has 0 atom stereocenters. The van der Waals surface area contributed by atoms with E-state index < -0.39 is 23.3 Å². The quantitative estimate of drug-likeness (QED) is 0.729. The van der Waals surface area contributed by atoms with Crippen LogP contribution in [0.2, 0.25) is 0 Å². The van der Waals surface area contributed by atoms with E-state index in [1.165, 1.54) is 4.90 Å². The van der Waals surface area contributed by atoms with E-state index in [1.807, 2.05) is 0 Å². The number of aliphatic carboxylic acids is 1. The number of amides is 3. The van der Waals surface area contributed by atoms with Gasteiger partial charge < -0.3 is 10.0 Å². The lowest BCUT2D eigenvalue weighted by Crippen LogP contribution is -2.44. The number of nitrogens with zero attached hydrogens (tertiary/aromatic N) is 1. The van der Waals surface area contributed by atoms with Gasteiger partial charge in [-0.3, -0.25) is 14.9 Å². The highest BCUT2D eigenvalue weighted by molar-refractivity contribution is 5.94. The number of hydrogen-bond acceptors (Lipinski definition) is 3. The zero-order valence-electron chi connectivity index (χ0n) is 12.4. The highest BCUT2D eigenvalue weighted by Crippen LogP contribution is 2.43. The molecule has 6 heteroatoms. The summed E-state index contributed by atoms with van der Waals surface area (Å²) in [5.74, 6) is 1.02. The number of carbonyl (C=O) groups is 3. The van der Waals surface area contributed by atoms with Gasteiger partial charge in [-0.05, 0) is 25.2 Å². The molecule has 0 aromatic carbocycles. The van der Waals surface area contributed by atoms with E-state index in [1.54, 1.807) is 6.92 Å². The van der Waals surface area contributed by atoms with E-state index >= 15 is 0 Å². The van der Waals surface area contributed by atoms with Gasteiger partial charge in [0.05, 0.1) is 13.0 Å². The molecular formula is C15H22N2O4. The lowest BCUT2D eigenvalue weighted by Gasteiger charge is -2.26. The van der Waals surface area contributed by atoms with Gasteiger partial charge in [-0.2, -0.15) is 0 Å². The summed E-state index contributed by atoms with van der Waals surface area (Å²) in [4.78, 5) is 36.2. The highest BCUT2D eigenvalue weighted by Gasteiger charge is 2.38. The van der Waals surface area contributed by atoms with Gasteiger partial charge in [-0.1, -0.05) is 18.8 Å². The lowest BCUT2D eigenvalue weighted by atomic mass is 9.79. The molecule has 21 heavy (non-hydrogen) atoms. The number of nitrogens with one attached hydrogen (secondary N) is 1. The SMILES string of the molecule is C#CCN(CC)C(=O)NC(=O)CC1(CC(=O)O)CCCC1. The molecule has 0 aromatic rings. The summed E-state index contributed by atoms with van der Waals surface area (Å²) in [6, 6.07) is -0.524. The van der Waals surface area contributed by atoms with Gasteiger partial charge in [0.15, 0.2) is 0 Å². The first kappa shape index (κ1) is 17.0. The number of rotatable bonds is 6. The van der Waals surface area contributed by atoms with Crippen molar-refractivity contribution in [3.05, 3.63) is 0 Å². The van der Waals surface area contributed by atoms with Crippen LogP contribution in [0.1, 0.15) is 45.4 Å². The fourth-order valence-electron chi connectivity index (χ4n) is 2.88. The third-order valence-electron chi connectivity index (χ3n) is 3.92. The fourth-order valence-corrected chi connectivity index (χ4v) is 2.88. The van der Waals surface area contributed by atoms with Crippen molar-refractivity contribution in [2.45, 2.75) is 45.4 Å². The Bertz CT molecular complexity index is 447.